The van der Waals surface area contributed by atoms with Gasteiger partial charge in [-0.15, -0.1) is 11.3 Å². The number of methoxy groups -OCH3 is 1. The van der Waals surface area contributed by atoms with Crippen LogP contribution in [-0.2, 0) is 4.74 Å². The molecule has 2 bridgehead atoms. The van der Waals surface area contributed by atoms with Crippen LogP contribution in [0.3, 0.4) is 0 Å². The van der Waals surface area contributed by atoms with Crippen molar-refractivity contribution in [3.8, 4) is 16.3 Å². The van der Waals surface area contributed by atoms with Crippen LogP contribution >= 0.6 is 11.3 Å². The van der Waals surface area contributed by atoms with Crippen LogP contribution in [0.1, 0.15) is 12.8 Å². The number of nitrogens with zero attached hydrogens (tertiary/aromatic N) is 4. The third kappa shape index (κ3) is 3.35. The summed E-state index contributed by atoms with van der Waals surface area (Å²) in [7, 11) is 1.63. The highest BCUT2D eigenvalue weighted by Crippen LogP contribution is 2.38. The van der Waals surface area contributed by atoms with Crippen LogP contribution in [-0.4, -0.2) is 71.6 Å². The molecule has 2 unspecified atom stereocenters. The molecule has 30 heavy (non-hydrogen) atoms. The first-order valence-corrected chi connectivity index (χ1v) is 10.7. The SMILES string of the molecule is COCCOc1cc(-c2nccs2)c2oc(N3CC4CCC(C3)N4C(=O)O)nc2c1. The molecule has 0 spiro atoms. The Hall–Kier alpha value is -2.85. The molecule has 0 saturated carbocycles. The van der Waals surface area contributed by atoms with E-state index in [-0.39, 0.29) is 12.1 Å². The Morgan fingerprint density at radius 3 is 2.77 bits per heavy atom. The molecule has 2 aliphatic heterocycles. The van der Waals surface area contributed by atoms with Gasteiger partial charge >= 0.3 is 6.09 Å². The van der Waals surface area contributed by atoms with Crippen molar-refractivity contribution in [1.29, 1.82) is 0 Å². The van der Waals surface area contributed by atoms with Gasteiger partial charge in [-0.1, -0.05) is 0 Å². The third-order valence-electron chi connectivity index (χ3n) is 5.64. The number of amides is 1. The zero-order valence-corrected chi connectivity index (χ0v) is 17.3. The van der Waals surface area contributed by atoms with Crippen LogP contribution in [0, 0.1) is 0 Å². The predicted molar refractivity (Wildman–Crippen MR) is 111 cm³/mol. The maximum atomic E-state index is 11.6. The van der Waals surface area contributed by atoms with Gasteiger partial charge in [0.25, 0.3) is 6.01 Å². The average Bonchev–Trinajstić information content (AvgIpc) is 3.45. The van der Waals surface area contributed by atoms with Crippen LogP contribution in [0.5, 0.6) is 5.75 Å². The monoisotopic (exact) mass is 430 g/mol. The first kappa shape index (κ1) is 19.1. The fourth-order valence-electron chi connectivity index (χ4n) is 4.34. The largest absolute Gasteiger partial charge is 0.491 e. The Morgan fingerprint density at radius 2 is 2.10 bits per heavy atom. The normalized spacial score (nSPS) is 20.8. The molecule has 3 aromatic rings. The number of carbonyl (C=O) groups is 1. The minimum Gasteiger partial charge on any atom is -0.491 e. The van der Waals surface area contributed by atoms with Gasteiger partial charge in [-0.25, -0.2) is 9.78 Å². The van der Waals surface area contributed by atoms with Gasteiger partial charge in [0, 0.05) is 37.8 Å². The number of anilines is 1. The minimum absolute atomic E-state index is 0.0253. The Morgan fingerprint density at radius 1 is 1.30 bits per heavy atom. The highest BCUT2D eigenvalue weighted by molar-refractivity contribution is 7.13. The average molecular weight is 430 g/mol. The van der Waals surface area contributed by atoms with Gasteiger partial charge in [-0.3, -0.25) is 4.90 Å². The Kier molecular flexibility index (Phi) is 4.95. The summed E-state index contributed by atoms with van der Waals surface area (Å²) in [6.45, 7) is 2.09. The number of piperazine rings is 1. The van der Waals surface area contributed by atoms with Gasteiger partial charge in [-0.05, 0) is 18.9 Å². The molecule has 0 radical (unpaired) electrons. The number of aromatic nitrogens is 2. The van der Waals surface area contributed by atoms with E-state index in [2.05, 4.69) is 9.88 Å². The molecule has 10 heteroatoms. The summed E-state index contributed by atoms with van der Waals surface area (Å²) in [5.41, 5.74) is 2.19. The van der Waals surface area contributed by atoms with Gasteiger partial charge in [-0.2, -0.15) is 4.98 Å². The summed E-state index contributed by atoms with van der Waals surface area (Å²) in [6, 6.07) is 4.23. The quantitative estimate of drug-likeness (QED) is 0.595. The lowest BCUT2D eigenvalue weighted by atomic mass is 10.2. The summed E-state index contributed by atoms with van der Waals surface area (Å²) < 4.78 is 17.1. The Balaban J connectivity index is 1.49. The number of hydrogen-bond donors (Lipinski definition) is 1. The van der Waals surface area contributed by atoms with Crippen molar-refractivity contribution in [2.75, 3.05) is 38.3 Å². The maximum Gasteiger partial charge on any atom is 0.407 e. The molecule has 5 rings (SSSR count). The van der Waals surface area contributed by atoms with Crippen molar-refractivity contribution < 1.29 is 23.8 Å². The molecule has 2 aromatic heterocycles. The molecule has 2 atom stereocenters. The highest BCUT2D eigenvalue weighted by Gasteiger charge is 2.43. The highest BCUT2D eigenvalue weighted by atomic mass is 32.1. The van der Waals surface area contributed by atoms with Gasteiger partial charge in [0.05, 0.1) is 24.3 Å². The molecular weight excluding hydrogens is 408 g/mol. The molecule has 1 aromatic carbocycles. The molecule has 2 saturated heterocycles. The predicted octanol–water partition coefficient (Wildman–Crippen LogP) is 3.31. The Bertz CT molecular complexity index is 1040. The minimum atomic E-state index is -0.844. The smallest absolute Gasteiger partial charge is 0.407 e. The van der Waals surface area contributed by atoms with E-state index in [1.54, 1.807) is 18.2 Å². The lowest BCUT2D eigenvalue weighted by molar-refractivity contribution is 0.114. The summed E-state index contributed by atoms with van der Waals surface area (Å²) >= 11 is 1.52. The van der Waals surface area contributed by atoms with Crippen molar-refractivity contribution in [2.24, 2.45) is 0 Å². The van der Waals surface area contributed by atoms with Gasteiger partial charge in [0.1, 0.15) is 22.9 Å². The van der Waals surface area contributed by atoms with Gasteiger partial charge in [0.2, 0.25) is 0 Å². The Labute approximate surface area is 176 Å². The number of thiazole rings is 1. The summed E-state index contributed by atoms with van der Waals surface area (Å²) in [6.07, 6.45) is 2.65. The van der Waals surface area contributed by atoms with Gasteiger partial charge < -0.3 is 23.9 Å². The molecule has 1 amide bonds. The van der Waals surface area contributed by atoms with E-state index in [0.29, 0.717) is 49.2 Å². The van der Waals surface area contributed by atoms with Crippen molar-refractivity contribution in [1.82, 2.24) is 14.9 Å². The van der Waals surface area contributed by atoms with E-state index < -0.39 is 6.09 Å². The number of rotatable bonds is 6. The number of carboxylic acid groups (broad SMARTS) is 1. The summed E-state index contributed by atoms with van der Waals surface area (Å²) in [4.78, 5) is 24.3. The topological polar surface area (TPSA) is 101 Å². The summed E-state index contributed by atoms with van der Waals surface area (Å²) in [5.74, 6) is 0.681. The fraction of sp³-hybridized carbons (Fsp3) is 0.450. The molecule has 4 heterocycles. The molecule has 2 aliphatic rings. The molecule has 1 N–H and O–H groups in total. The second-order valence-corrected chi connectivity index (χ2v) is 8.37. The zero-order chi connectivity index (χ0) is 20.7. The second-order valence-electron chi connectivity index (χ2n) is 7.47. The summed E-state index contributed by atoms with van der Waals surface area (Å²) in [5, 5.41) is 12.2. The first-order chi connectivity index (χ1) is 14.6. The third-order valence-corrected chi connectivity index (χ3v) is 6.45. The van der Waals surface area contributed by atoms with Crippen molar-refractivity contribution in [3.05, 3.63) is 23.7 Å². The molecular formula is C20H22N4O5S. The van der Waals surface area contributed by atoms with Crippen molar-refractivity contribution in [3.63, 3.8) is 0 Å². The van der Waals surface area contributed by atoms with Crippen LogP contribution in [0.25, 0.3) is 21.7 Å². The van der Waals surface area contributed by atoms with Crippen LogP contribution in [0.2, 0.25) is 0 Å². The van der Waals surface area contributed by atoms with E-state index >= 15 is 0 Å². The van der Waals surface area contributed by atoms with E-state index in [1.165, 1.54) is 11.3 Å². The van der Waals surface area contributed by atoms with E-state index in [0.717, 1.165) is 23.4 Å². The lowest BCUT2D eigenvalue weighted by Crippen LogP contribution is -2.55. The lowest BCUT2D eigenvalue weighted by Gasteiger charge is -2.38. The number of oxazole rings is 1. The molecule has 0 aliphatic carbocycles. The molecule has 9 nitrogen and oxygen atoms in total. The van der Waals surface area contributed by atoms with Crippen molar-refractivity contribution in [2.45, 2.75) is 24.9 Å². The number of ether oxygens (including phenoxy) is 2. The standard InChI is InChI=1S/C20H22N4O5S/c1-27-5-6-28-14-8-15(18-21-4-7-30-18)17-16(9-14)22-19(29-17)23-10-12-2-3-13(11-23)24(12)20(25)26/h4,7-9,12-13H,2-3,5-6,10-11H2,1H3,(H,25,26). The number of hydrogen-bond acceptors (Lipinski definition) is 8. The van der Waals surface area contributed by atoms with Crippen molar-refractivity contribution >= 4 is 34.5 Å². The zero-order valence-electron chi connectivity index (χ0n) is 16.5. The molecule has 158 valence electrons. The first-order valence-electron chi connectivity index (χ1n) is 9.86. The molecule has 2 fully saturated rings. The van der Waals surface area contributed by atoms with E-state index in [9.17, 15) is 9.90 Å². The van der Waals surface area contributed by atoms with Crippen LogP contribution < -0.4 is 9.64 Å². The van der Waals surface area contributed by atoms with E-state index in [4.69, 9.17) is 18.9 Å². The fourth-order valence-corrected chi connectivity index (χ4v) is 4.99. The number of benzene rings is 1. The van der Waals surface area contributed by atoms with E-state index in [1.807, 2.05) is 17.5 Å². The van der Waals surface area contributed by atoms with Crippen LogP contribution in [0.4, 0.5) is 10.8 Å². The number of fused-ring (bicyclic) bond motifs is 3. The maximum absolute atomic E-state index is 11.6. The van der Waals surface area contributed by atoms with Gasteiger partial charge in [0.15, 0.2) is 5.58 Å². The second kappa shape index (κ2) is 7.77. The van der Waals surface area contributed by atoms with Crippen LogP contribution in [0.15, 0.2) is 28.1 Å².